The van der Waals surface area contributed by atoms with Gasteiger partial charge in [-0.2, -0.15) is 0 Å². The van der Waals surface area contributed by atoms with E-state index >= 15 is 0 Å². The molecule has 2 aliphatic rings. The second-order valence-electron chi connectivity index (χ2n) is 9.48. The molecule has 0 spiro atoms. The molecule has 170 valence electrons. The topological polar surface area (TPSA) is 102 Å². The SMILES string of the molecule is C[C@@H]1C[C@H](OC(=O)c2ccc([N+](=O)[O-])cc2)c2ncnc(N3CCN(C(C)(C)C)CC3)c21. The summed E-state index contributed by atoms with van der Waals surface area (Å²) < 4.78 is 5.77. The molecule has 1 saturated heterocycles. The molecule has 9 nitrogen and oxygen atoms in total. The van der Waals surface area contributed by atoms with Crippen LogP contribution in [-0.2, 0) is 4.74 Å². The zero-order chi connectivity index (χ0) is 23.0. The van der Waals surface area contributed by atoms with Gasteiger partial charge in [-0.25, -0.2) is 14.8 Å². The average molecular weight is 440 g/mol. The lowest BCUT2D eigenvalue weighted by Gasteiger charge is -2.43. The van der Waals surface area contributed by atoms with Crippen LogP contribution in [0.2, 0.25) is 0 Å². The number of esters is 1. The van der Waals surface area contributed by atoms with E-state index in [-0.39, 0.29) is 22.7 Å². The molecule has 0 saturated carbocycles. The number of hydrogen-bond donors (Lipinski definition) is 0. The summed E-state index contributed by atoms with van der Waals surface area (Å²) in [5.74, 6) is 0.588. The van der Waals surface area contributed by atoms with Crippen LogP contribution >= 0.6 is 0 Å². The van der Waals surface area contributed by atoms with Gasteiger partial charge in [-0.15, -0.1) is 0 Å². The van der Waals surface area contributed by atoms with Crippen LogP contribution in [0.5, 0.6) is 0 Å². The van der Waals surface area contributed by atoms with E-state index in [1.54, 1.807) is 6.33 Å². The number of rotatable bonds is 4. The number of anilines is 1. The Balaban J connectivity index is 1.50. The number of carbonyl (C=O) groups is 1. The molecule has 2 aromatic rings. The maximum absolute atomic E-state index is 12.7. The summed E-state index contributed by atoms with van der Waals surface area (Å²) in [5, 5.41) is 10.8. The summed E-state index contributed by atoms with van der Waals surface area (Å²) in [6, 6.07) is 5.44. The first-order valence-electron chi connectivity index (χ1n) is 11.0. The highest BCUT2D eigenvalue weighted by atomic mass is 16.6. The molecule has 0 amide bonds. The van der Waals surface area contributed by atoms with Crippen molar-refractivity contribution in [3.63, 3.8) is 0 Å². The minimum Gasteiger partial charge on any atom is -0.452 e. The van der Waals surface area contributed by atoms with Crippen LogP contribution in [0, 0.1) is 10.1 Å². The van der Waals surface area contributed by atoms with Crippen LogP contribution in [0.4, 0.5) is 11.5 Å². The first kappa shape index (κ1) is 22.1. The summed E-state index contributed by atoms with van der Waals surface area (Å²) in [4.78, 5) is 36.9. The van der Waals surface area contributed by atoms with Gasteiger partial charge in [-0.1, -0.05) is 6.92 Å². The second kappa shape index (κ2) is 8.46. The van der Waals surface area contributed by atoms with Crippen molar-refractivity contribution in [1.29, 1.82) is 0 Å². The van der Waals surface area contributed by atoms with Gasteiger partial charge >= 0.3 is 5.97 Å². The lowest BCUT2D eigenvalue weighted by atomic mass is 10.0. The van der Waals surface area contributed by atoms with E-state index in [0.29, 0.717) is 6.42 Å². The third kappa shape index (κ3) is 4.29. The predicted molar refractivity (Wildman–Crippen MR) is 120 cm³/mol. The molecular formula is C23H29N5O4. The van der Waals surface area contributed by atoms with Crippen LogP contribution in [0.15, 0.2) is 30.6 Å². The number of piperazine rings is 1. The Bertz CT molecular complexity index is 1010. The van der Waals surface area contributed by atoms with Gasteiger partial charge in [0.25, 0.3) is 5.69 Å². The van der Waals surface area contributed by atoms with E-state index < -0.39 is 17.0 Å². The number of nitrogens with zero attached hydrogens (tertiary/aromatic N) is 5. The molecule has 1 aliphatic heterocycles. The van der Waals surface area contributed by atoms with Crippen LogP contribution in [0.1, 0.15) is 67.8 Å². The summed E-state index contributed by atoms with van der Waals surface area (Å²) in [7, 11) is 0. The number of carbonyl (C=O) groups excluding carboxylic acids is 1. The van der Waals surface area contributed by atoms with Crippen LogP contribution in [-0.4, -0.2) is 57.5 Å². The lowest BCUT2D eigenvalue weighted by molar-refractivity contribution is -0.384. The van der Waals surface area contributed by atoms with E-state index in [1.165, 1.54) is 24.3 Å². The molecule has 0 bridgehead atoms. The van der Waals surface area contributed by atoms with E-state index in [2.05, 4.69) is 47.5 Å². The molecule has 4 rings (SSSR count). The minimum atomic E-state index is -0.510. The Kier molecular flexibility index (Phi) is 5.85. The highest BCUT2D eigenvalue weighted by Crippen LogP contribution is 2.45. The Labute approximate surface area is 187 Å². The summed E-state index contributed by atoms with van der Waals surface area (Å²) in [6.07, 6.45) is 1.73. The van der Waals surface area contributed by atoms with Gasteiger partial charge < -0.3 is 9.64 Å². The molecule has 0 N–H and O–H groups in total. The summed E-state index contributed by atoms with van der Waals surface area (Å²) in [5.41, 5.74) is 2.17. The third-order valence-corrected chi connectivity index (χ3v) is 6.35. The zero-order valence-corrected chi connectivity index (χ0v) is 18.9. The van der Waals surface area contributed by atoms with Crippen LogP contribution < -0.4 is 4.90 Å². The molecule has 1 aliphatic carbocycles. The summed E-state index contributed by atoms with van der Waals surface area (Å²) in [6.45, 7) is 12.5. The van der Waals surface area contributed by atoms with Crippen molar-refractivity contribution in [2.75, 3.05) is 31.1 Å². The lowest BCUT2D eigenvalue weighted by Crippen LogP contribution is -2.53. The molecule has 2 heterocycles. The predicted octanol–water partition coefficient (Wildman–Crippen LogP) is 3.71. The van der Waals surface area contributed by atoms with Gasteiger partial charge in [-0.3, -0.25) is 15.0 Å². The van der Waals surface area contributed by atoms with E-state index in [4.69, 9.17) is 4.74 Å². The fourth-order valence-electron chi connectivity index (χ4n) is 4.54. The summed E-state index contributed by atoms with van der Waals surface area (Å²) >= 11 is 0. The standard InChI is InChI=1S/C23H29N5O4/c1-15-13-18(32-22(29)16-5-7-17(8-6-16)28(30)31)20-19(15)21(25-14-24-20)26-9-11-27(12-10-26)23(2,3)4/h5-8,14-15,18H,9-13H2,1-4H3/t15-,18+/m1/s1. The van der Waals surface area contributed by atoms with Crippen LogP contribution in [0.3, 0.4) is 0 Å². The normalized spacial score (nSPS) is 21.3. The number of nitro benzene ring substituents is 1. The van der Waals surface area contributed by atoms with Crippen molar-refractivity contribution in [1.82, 2.24) is 14.9 Å². The quantitative estimate of drug-likeness (QED) is 0.404. The molecule has 0 radical (unpaired) electrons. The van der Waals surface area contributed by atoms with Crippen molar-refractivity contribution in [3.8, 4) is 0 Å². The Morgan fingerprint density at radius 2 is 1.78 bits per heavy atom. The third-order valence-electron chi connectivity index (χ3n) is 6.35. The number of fused-ring (bicyclic) bond motifs is 1. The number of non-ortho nitro benzene ring substituents is 1. The Morgan fingerprint density at radius 3 is 2.38 bits per heavy atom. The van der Waals surface area contributed by atoms with E-state index in [9.17, 15) is 14.9 Å². The molecular weight excluding hydrogens is 410 g/mol. The van der Waals surface area contributed by atoms with E-state index in [0.717, 1.165) is 43.3 Å². The first-order chi connectivity index (χ1) is 15.1. The molecule has 1 fully saturated rings. The molecule has 1 aromatic carbocycles. The zero-order valence-electron chi connectivity index (χ0n) is 18.9. The van der Waals surface area contributed by atoms with Gasteiger partial charge in [0.1, 0.15) is 18.2 Å². The maximum Gasteiger partial charge on any atom is 0.338 e. The average Bonchev–Trinajstić information content (AvgIpc) is 3.08. The van der Waals surface area contributed by atoms with Crippen molar-refractivity contribution >= 4 is 17.5 Å². The van der Waals surface area contributed by atoms with Gasteiger partial charge in [0.05, 0.1) is 16.2 Å². The number of nitro groups is 1. The highest BCUT2D eigenvalue weighted by molar-refractivity contribution is 5.89. The monoisotopic (exact) mass is 439 g/mol. The molecule has 9 heteroatoms. The van der Waals surface area contributed by atoms with Crippen molar-refractivity contribution < 1.29 is 14.5 Å². The molecule has 0 unspecified atom stereocenters. The van der Waals surface area contributed by atoms with Crippen molar-refractivity contribution in [3.05, 3.63) is 57.5 Å². The number of hydrogen-bond acceptors (Lipinski definition) is 8. The second-order valence-corrected chi connectivity index (χ2v) is 9.48. The molecule has 1 aromatic heterocycles. The molecule has 32 heavy (non-hydrogen) atoms. The van der Waals surface area contributed by atoms with Gasteiger partial charge in [0, 0.05) is 49.4 Å². The maximum atomic E-state index is 12.7. The van der Waals surface area contributed by atoms with Crippen molar-refractivity contribution in [2.45, 2.75) is 51.7 Å². The molecule has 2 atom stereocenters. The minimum absolute atomic E-state index is 0.0645. The largest absolute Gasteiger partial charge is 0.452 e. The number of ether oxygens (including phenoxy) is 1. The van der Waals surface area contributed by atoms with E-state index in [1.807, 2.05) is 0 Å². The highest BCUT2D eigenvalue weighted by Gasteiger charge is 2.37. The van der Waals surface area contributed by atoms with Gasteiger partial charge in [0.2, 0.25) is 0 Å². The Morgan fingerprint density at radius 1 is 1.12 bits per heavy atom. The smallest absolute Gasteiger partial charge is 0.338 e. The van der Waals surface area contributed by atoms with Crippen molar-refractivity contribution in [2.24, 2.45) is 0 Å². The number of aromatic nitrogens is 2. The van der Waals surface area contributed by atoms with Gasteiger partial charge in [-0.05, 0) is 45.2 Å². The number of benzene rings is 1. The van der Waals surface area contributed by atoms with Gasteiger partial charge in [0.15, 0.2) is 0 Å². The fourth-order valence-corrected chi connectivity index (χ4v) is 4.54. The van der Waals surface area contributed by atoms with Crippen LogP contribution in [0.25, 0.3) is 0 Å². The fraction of sp³-hybridized carbons (Fsp3) is 0.522. The first-order valence-corrected chi connectivity index (χ1v) is 11.0. The Hall–Kier alpha value is -3.07.